The largest absolute Gasteiger partial charge is 0.479 e. The van der Waals surface area contributed by atoms with Crippen molar-refractivity contribution in [1.82, 2.24) is 9.97 Å². The molecule has 0 amide bonds. The number of carboxylic acid groups (broad SMARTS) is 1. The van der Waals surface area contributed by atoms with Crippen molar-refractivity contribution in [2.75, 3.05) is 11.5 Å². The Hall–Kier alpha value is -2.28. The van der Waals surface area contributed by atoms with E-state index in [9.17, 15) is 9.90 Å². The van der Waals surface area contributed by atoms with Crippen LogP contribution in [0.4, 0.5) is 11.6 Å². The number of imidazole rings is 1. The lowest BCUT2D eigenvalue weighted by Gasteiger charge is -2.09. The van der Waals surface area contributed by atoms with Gasteiger partial charge in [-0.15, -0.1) is 0 Å². The van der Waals surface area contributed by atoms with Crippen LogP contribution in [0, 0.1) is 0 Å². The number of aromatic nitrogens is 2. The number of rotatable bonds is 2. The Morgan fingerprint density at radius 2 is 2.12 bits per heavy atom. The molecule has 84 valence electrons. The molecule has 0 saturated heterocycles. The van der Waals surface area contributed by atoms with Crippen LogP contribution in [0.1, 0.15) is 11.7 Å². The van der Waals surface area contributed by atoms with Crippen molar-refractivity contribution in [3.8, 4) is 0 Å². The molecule has 1 aromatic carbocycles. The van der Waals surface area contributed by atoms with E-state index in [4.69, 9.17) is 16.6 Å². The van der Waals surface area contributed by atoms with Crippen LogP contribution in [-0.2, 0) is 4.79 Å². The van der Waals surface area contributed by atoms with Crippen LogP contribution in [-0.4, -0.2) is 26.2 Å². The third-order valence-corrected chi connectivity index (χ3v) is 2.25. The second-order valence-corrected chi connectivity index (χ2v) is 3.33. The van der Waals surface area contributed by atoms with Crippen LogP contribution < -0.4 is 11.5 Å². The summed E-state index contributed by atoms with van der Waals surface area (Å²) in [5, 5.41) is 18.3. The van der Waals surface area contributed by atoms with Crippen molar-refractivity contribution < 1.29 is 15.0 Å². The van der Waals surface area contributed by atoms with Crippen LogP contribution in [0.2, 0.25) is 0 Å². The number of nitrogens with one attached hydrogen (secondary N) is 1. The molecular weight excluding hydrogens is 212 g/mol. The van der Waals surface area contributed by atoms with Crippen molar-refractivity contribution in [1.29, 1.82) is 0 Å². The minimum atomic E-state index is -1.72. The Balaban J connectivity index is 2.74. The second-order valence-electron chi connectivity index (χ2n) is 3.33. The normalized spacial score (nSPS) is 12.8. The van der Waals surface area contributed by atoms with E-state index in [1.54, 1.807) is 6.07 Å². The maximum Gasteiger partial charge on any atom is 0.337 e. The van der Waals surface area contributed by atoms with E-state index in [0.717, 1.165) is 0 Å². The molecule has 0 aliphatic rings. The zero-order chi connectivity index (χ0) is 11.9. The van der Waals surface area contributed by atoms with E-state index in [0.29, 0.717) is 5.52 Å². The Morgan fingerprint density at radius 1 is 1.44 bits per heavy atom. The fourth-order valence-corrected chi connectivity index (χ4v) is 1.54. The predicted molar refractivity (Wildman–Crippen MR) is 57.5 cm³/mol. The molecule has 7 nitrogen and oxygen atoms in total. The van der Waals surface area contributed by atoms with E-state index in [2.05, 4.69) is 9.97 Å². The quantitative estimate of drug-likeness (QED) is 0.448. The summed E-state index contributed by atoms with van der Waals surface area (Å²) in [6.45, 7) is 0. The predicted octanol–water partition coefficient (Wildman–Crippen LogP) is -0.155. The number of anilines is 2. The molecule has 0 aliphatic carbocycles. The van der Waals surface area contributed by atoms with Crippen molar-refractivity contribution in [2.24, 2.45) is 0 Å². The second kappa shape index (κ2) is 3.38. The van der Waals surface area contributed by atoms with E-state index in [1.165, 1.54) is 6.07 Å². The van der Waals surface area contributed by atoms with E-state index >= 15 is 0 Å². The zero-order valence-electron chi connectivity index (χ0n) is 8.14. The highest BCUT2D eigenvalue weighted by atomic mass is 16.4. The fraction of sp³-hybridized carbons (Fsp3) is 0.111. The van der Waals surface area contributed by atoms with Crippen molar-refractivity contribution in [3.63, 3.8) is 0 Å². The average molecular weight is 222 g/mol. The monoisotopic (exact) mass is 222 g/mol. The highest BCUT2D eigenvalue weighted by Gasteiger charge is 2.23. The lowest BCUT2D eigenvalue weighted by Crippen LogP contribution is -2.13. The maximum absolute atomic E-state index is 10.7. The number of hydrogen-bond acceptors (Lipinski definition) is 5. The maximum atomic E-state index is 10.7. The summed E-state index contributed by atoms with van der Waals surface area (Å²) in [5.74, 6) is -1.25. The number of H-pyrrole nitrogens is 1. The Morgan fingerprint density at radius 3 is 2.75 bits per heavy atom. The SMILES string of the molecule is Nc1nc2c(C(O)C(=O)O)c(N)ccc2[nH]1. The molecule has 0 saturated carbocycles. The Bertz CT molecular complexity index is 563. The first-order chi connectivity index (χ1) is 7.50. The minimum Gasteiger partial charge on any atom is -0.479 e. The van der Waals surface area contributed by atoms with Crippen LogP contribution >= 0.6 is 0 Å². The number of nitrogens with zero attached hydrogens (tertiary/aromatic N) is 1. The summed E-state index contributed by atoms with van der Waals surface area (Å²) in [4.78, 5) is 17.4. The molecule has 1 atom stereocenters. The van der Waals surface area contributed by atoms with Gasteiger partial charge in [0.2, 0.25) is 0 Å². The van der Waals surface area contributed by atoms with Crippen molar-refractivity contribution in [2.45, 2.75) is 6.10 Å². The first-order valence-corrected chi connectivity index (χ1v) is 4.45. The van der Waals surface area contributed by atoms with Gasteiger partial charge in [0.1, 0.15) is 0 Å². The summed E-state index contributed by atoms with van der Waals surface area (Å²) in [6, 6.07) is 3.10. The summed E-state index contributed by atoms with van der Waals surface area (Å²) in [7, 11) is 0. The van der Waals surface area contributed by atoms with Gasteiger partial charge >= 0.3 is 5.97 Å². The van der Waals surface area contributed by atoms with Crippen molar-refractivity contribution in [3.05, 3.63) is 17.7 Å². The molecule has 2 rings (SSSR count). The summed E-state index contributed by atoms with van der Waals surface area (Å²) >= 11 is 0. The van der Waals surface area contributed by atoms with Gasteiger partial charge in [-0.3, -0.25) is 0 Å². The molecule has 1 aromatic heterocycles. The first-order valence-electron chi connectivity index (χ1n) is 4.45. The minimum absolute atomic E-state index is 0.0537. The van der Waals surface area contributed by atoms with Gasteiger partial charge in [0, 0.05) is 11.3 Å². The molecule has 1 heterocycles. The Labute approximate surface area is 89.7 Å². The lowest BCUT2D eigenvalue weighted by atomic mass is 10.1. The van der Waals surface area contributed by atoms with Gasteiger partial charge in [0.05, 0.1) is 11.0 Å². The molecule has 0 bridgehead atoms. The third kappa shape index (κ3) is 1.43. The number of nitrogens with two attached hydrogens (primary N) is 2. The highest BCUT2D eigenvalue weighted by molar-refractivity contribution is 5.90. The topological polar surface area (TPSA) is 138 Å². The first kappa shape index (κ1) is 10.2. The number of hydrogen-bond donors (Lipinski definition) is 5. The molecule has 0 radical (unpaired) electrons. The van der Waals surface area contributed by atoms with Crippen LogP contribution in [0.5, 0.6) is 0 Å². The molecule has 2 aromatic rings. The molecular formula is C9H10N4O3. The molecule has 0 aliphatic heterocycles. The standard InChI is InChI=1S/C9H10N4O3/c10-3-1-2-4-6(13-9(11)12-4)5(3)7(14)8(15)16/h1-2,7,14H,10H2,(H,15,16)(H3,11,12,13). The number of fused-ring (bicyclic) bond motifs is 1. The van der Waals surface area contributed by atoms with Gasteiger partial charge in [-0.2, -0.15) is 0 Å². The van der Waals surface area contributed by atoms with Crippen LogP contribution in [0.3, 0.4) is 0 Å². The fourth-order valence-electron chi connectivity index (χ4n) is 1.54. The number of benzene rings is 1. The smallest absolute Gasteiger partial charge is 0.337 e. The van der Waals surface area contributed by atoms with Gasteiger partial charge in [0.25, 0.3) is 0 Å². The molecule has 0 spiro atoms. The molecule has 7 heteroatoms. The highest BCUT2D eigenvalue weighted by Crippen LogP contribution is 2.28. The van der Waals surface area contributed by atoms with Gasteiger partial charge in [-0.05, 0) is 12.1 Å². The number of aliphatic carboxylic acids is 1. The van der Waals surface area contributed by atoms with Crippen LogP contribution in [0.25, 0.3) is 11.0 Å². The number of carbonyl (C=O) groups is 1. The van der Waals surface area contributed by atoms with Gasteiger partial charge < -0.3 is 26.7 Å². The number of aromatic amines is 1. The van der Waals surface area contributed by atoms with E-state index in [1.807, 2.05) is 0 Å². The number of aliphatic hydroxyl groups is 1. The number of aliphatic hydroxyl groups excluding tert-OH is 1. The number of carboxylic acids is 1. The summed E-state index contributed by atoms with van der Waals surface area (Å²) in [6.07, 6.45) is -1.72. The number of nitrogen functional groups attached to an aromatic ring is 2. The molecule has 1 unspecified atom stereocenters. The van der Waals surface area contributed by atoms with E-state index in [-0.39, 0.29) is 22.7 Å². The lowest BCUT2D eigenvalue weighted by molar-refractivity contribution is -0.146. The summed E-state index contributed by atoms with van der Waals surface area (Å²) < 4.78 is 0. The van der Waals surface area contributed by atoms with Crippen LogP contribution in [0.15, 0.2) is 12.1 Å². The third-order valence-electron chi connectivity index (χ3n) is 2.25. The van der Waals surface area contributed by atoms with Crippen molar-refractivity contribution >= 4 is 28.6 Å². The summed E-state index contributed by atoms with van der Waals surface area (Å²) in [5.41, 5.74) is 12.1. The average Bonchev–Trinajstić information content (AvgIpc) is 2.57. The van der Waals surface area contributed by atoms with Gasteiger partial charge in [-0.25, -0.2) is 9.78 Å². The molecule has 0 fully saturated rings. The van der Waals surface area contributed by atoms with Gasteiger partial charge in [-0.1, -0.05) is 0 Å². The molecule has 7 N–H and O–H groups in total. The van der Waals surface area contributed by atoms with Gasteiger partial charge in [0.15, 0.2) is 12.1 Å². The van der Waals surface area contributed by atoms with E-state index < -0.39 is 12.1 Å². The molecule has 16 heavy (non-hydrogen) atoms. The Kier molecular flexibility index (Phi) is 2.17. The zero-order valence-corrected chi connectivity index (χ0v) is 8.14.